The molecule has 0 unspecified atom stereocenters. The molecule has 0 saturated heterocycles. The van der Waals surface area contributed by atoms with E-state index >= 15 is 0 Å². The Hall–Kier alpha value is -2.67. The maximum atomic E-state index is 11.3. The normalized spacial score (nSPS) is 10.6. The topological polar surface area (TPSA) is 66.2 Å². The maximum absolute atomic E-state index is 11.3. The summed E-state index contributed by atoms with van der Waals surface area (Å²) in [6, 6.07) is 7.48. The van der Waals surface area contributed by atoms with Crippen LogP contribution in [0.5, 0.6) is 5.75 Å². The van der Waals surface area contributed by atoms with Crippen molar-refractivity contribution in [1.82, 2.24) is 14.8 Å². The number of carbonyl (C=O) groups is 1. The van der Waals surface area contributed by atoms with Crippen LogP contribution in [0.1, 0.15) is 6.92 Å². The SMILES string of the molecule is CCOC(=O)COc1ccc(-c2nc(-c3cnn(C)c3)cs2)cc1. The summed E-state index contributed by atoms with van der Waals surface area (Å²) < 4.78 is 12.0. The first kappa shape index (κ1) is 16.2. The molecular formula is C17H17N3O3S. The molecule has 0 radical (unpaired) electrons. The summed E-state index contributed by atoms with van der Waals surface area (Å²) in [4.78, 5) is 15.9. The van der Waals surface area contributed by atoms with Crippen molar-refractivity contribution in [3.05, 3.63) is 42.0 Å². The van der Waals surface area contributed by atoms with E-state index in [1.54, 1.807) is 29.1 Å². The van der Waals surface area contributed by atoms with E-state index in [-0.39, 0.29) is 12.6 Å². The molecule has 0 aliphatic heterocycles. The number of aryl methyl sites for hydroxylation is 1. The van der Waals surface area contributed by atoms with E-state index in [0.717, 1.165) is 21.8 Å². The number of hydrogen-bond donors (Lipinski definition) is 0. The third kappa shape index (κ3) is 3.80. The Kier molecular flexibility index (Phi) is 4.90. The van der Waals surface area contributed by atoms with Gasteiger partial charge in [-0.25, -0.2) is 9.78 Å². The number of hydrogen-bond acceptors (Lipinski definition) is 6. The summed E-state index contributed by atoms with van der Waals surface area (Å²) in [6.07, 6.45) is 3.73. The summed E-state index contributed by atoms with van der Waals surface area (Å²) in [5, 5.41) is 7.09. The lowest BCUT2D eigenvalue weighted by Gasteiger charge is -2.06. The molecule has 24 heavy (non-hydrogen) atoms. The molecule has 0 fully saturated rings. The monoisotopic (exact) mass is 343 g/mol. The second kappa shape index (κ2) is 7.27. The molecule has 0 aliphatic rings. The zero-order valence-corrected chi connectivity index (χ0v) is 14.2. The van der Waals surface area contributed by atoms with Gasteiger partial charge in [0.2, 0.25) is 0 Å². The van der Waals surface area contributed by atoms with Crippen molar-refractivity contribution < 1.29 is 14.3 Å². The molecule has 0 saturated carbocycles. The standard InChI is InChI=1S/C17H17N3O3S/c1-3-22-16(21)10-23-14-6-4-12(5-7-14)17-19-15(11-24-17)13-8-18-20(2)9-13/h4-9,11H,3,10H2,1-2H3. The van der Waals surface area contributed by atoms with E-state index in [4.69, 9.17) is 9.47 Å². The highest BCUT2D eigenvalue weighted by Gasteiger charge is 2.09. The van der Waals surface area contributed by atoms with Crippen LogP contribution in [0.2, 0.25) is 0 Å². The van der Waals surface area contributed by atoms with Crippen LogP contribution in [-0.4, -0.2) is 33.9 Å². The molecule has 0 aliphatic carbocycles. The van der Waals surface area contributed by atoms with Crippen molar-refractivity contribution in [3.8, 4) is 27.6 Å². The number of thiazole rings is 1. The van der Waals surface area contributed by atoms with Crippen LogP contribution < -0.4 is 4.74 Å². The minimum absolute atomic E-state index is 0.0877. The predicted octanol–water partition coefficient (Wildman–Crippen LogP) is 3.15. The van der Waals surface area contributed by atoms with Gasteiger partial charge in [0.1, 0.15) is 10.8 Å². The summed E-state index contributed by atoms with van der Waals surface area (Å²) in [5.41, 5.74) is 2.90. The maximum Gasteiger partial charge on any atom is 0.344 e. The van der Waals surface area contributed by atoms with Crippen LogP contribution in [0.4, 0.5) is 0 Å². The average Bonchev–Trinajstić information content (AvgIpc) is 3.23. The zero-order valence-electron chi connectivity index (χ0n) is 13.4. The summed E-state index contributed by atoms with van der Waals surface area (Å²) in [6.45, 7) is 2.03. The van der Waals surface area contributed by atoms with Gasteiger partial charge in [-0.05, 0) is 31.2 Å². The van der Waals surface area contributed by atoms with E-state index < -0.39 is 0 Å². The van der Waals surface area contributed by atoms with Gasteiger partial charge < -0.3 is 9.47 Å². The van der Waals surface area contributed by atoms with Crippen molar-refractivity contribution in [2.75, 3.05) is 13.2 Å². The van der Waals surface area contributed by atoms with Crippen LogP contribution in [0, 0.1) is 0 Å². The number of esters is 1. The second-order valence-corrected chi connectivity index (χ2v) is 5.92. The Morgan fingerprint density at radius 1 is 1.25 bits per heavy atom. The lowest BCUT2D eigenvalue weighted by molar-refractivity contribution is -0.145. The highest BCUT2D eigenvalue weighted by molar-refractivity contribution is 7.13. The van der Waals surface area contributed by atoms with Crippen LogP contribution in [0.3, 0.4) is 0 Å². The van der Waals surface area contributed by atoms with Gasteiger partial charge in [0.15, 0.2) is 6.61 Å². The third-order valence-electron chi connectivity index (χ3n) is 3.27. The Morgan fingerprint density at radius 2 is 2.04 bits per heavy atom. The molecule has 0 atom stereocenters. The van der Waals surface area contributed by atoms with E-state index in [0.29, 0.717) is 12.4 Å². The second-order valence-electron chi connectivity index (χ2n) is 5.06. The van der Waals surface area contributed by atoms with E-state index in [1.807, 2.05) is 42.9 Å². The Labute approximate surface area is 143 Å². The molecule has 0 bridgehead atoms. The lowest BCUT2D eigenvalue weighted by Crippen LogP contribution is -2.14. The number of ether oxygens (including phenoxy) is 2. The molecule has 6 nitrogen and oxygen atoms in total. The van der Waals surface area contributed by atoms with Crippen molar-refractivity contribution in [3.63, 3.8) is 0 Å². The highest BCUT2D eigenvalue weighted by atomic mass is 32.1. The van der Waals surface area contributed by atoms with Crippen LogP contribution in [-0.2, 0) is 16.6 Å². The van der Waals surface area contributed by atoms with Gasteiger partial charge in [-0.15, -0.1) is 11.3 Å². The number of aromatic nitrogens is 3. The molecule has 3 rings (SSSR count). The van der Waals surface area contributed by atoms with Crippen molar-refractivity contribution in [1.29, 1.82) is 0 Å². The first-order valence-corrected chi connectivity index (χ1v) is 8.37. The molecule has 2 heterocycles. The fraction of sp³-hybridized carbons (Fsp3) is 0.235. The molecule has 0 spiro atoms. The van der Waals surface area contributed by atoms with Gasteiger partial charge in [0.25, 0.3) is 0 Å². The van der Waals surface area contributed by atoms with Gasteiger partial charge in [-0.2, -0.15) is 5.10 Å². The molecule has 3 aromatic rings. The Balaban J connectivity index is 1.67. The van der Waals surface area contributed by atoms with Gasteiger partial charge in [-0.1, -0.05) is 0 Å². The predicted molar refractivity (Wildman–Crippen MR) is 91.9 cm³/mol. The van der Waals surface area contributed by atoms with E-state index in [9.17, 15) is 4.79 Å². The van der Waals surface area contributed by atoms with Crippen molar-refractivity contribution >= 4 is 17.3 Å². The van der Waals surface area contributed by atoms with Crippen molar-refractivity contribution in [2.24, 2.45) is 7.05 Å². The summed E-state index contributed by atoms with van der Waals surface area (Å²) >= 11 is 1.57. The van der Waals surface area contributed by atoms with Gasteiger partial charge >= 0.3 is 5.97 Å². The van der Waals surface area contributed by atoms with Crippen LogP contribution >= 0.6 is 11.3 Å². The average molecular weight is 343 g/mol. The van der Waals surface area contributed by atoms with Gasteiger partial charge in [0.05, 0.1) is 18.5 Å². The minimum atomic E-state index is -0.373. The largest absolute Gasteiger partial charge is 0.482 e. The Bertz CT molecular complexity index is 824. The third-order valence-corrected chi connectivity index (χ3v) is 4.16. The molecule has 1 aromatic carbocycles. The smallest absolute Gasteiger partial charge is 0.344 e. The van der Waals surface area contributed by atoms with E-state index in [2.05, 4.69) is 10.1 Å². The van der Waals surface area contributed by atoms with E-state index in [1.165, 1.54) is 0 Å². The molecule has 0 N–H and O–H groups in total. The lowest BCUT2D eigenvalue weighted by atomic mass is 10.2. The van der Waals surface area contributed by atoms with Gasteiger partial charge in [0, 0.05) is 29.8 Å². The Morgan fingerprint density at radius 3 is 2.71 bits per heavy atom. The number of carbonyl (C=O) groups excluding carboxylic acids is 1. The van der Waals surface area contributed by atoms with Crippen LogP contribution in [0.15, 0.2) is 42.0 Å². The molecular weight excluding hydrogens is 326 g/mol. The zero-order chi connectivity index (χ0) is 16.9. The molecule has 2 aromatic heterocycles. The van der Waals surface area contributed by atoms with Gasteiger partial charge in [-0.3, -0.25) is 4.68 Å². The van der Waals surface area contributed by atoms with Crippen molar-refractivity contribution in [2.45, 2.75) is 6.92 Å². The number of rotatable bonds is 6. The highest BCUT2D eigenvalue weighted by Crippen LogP contribution is 2.29. The first-order chi connectivity index (χ1) is 11.7. The number of benzene rings is 1. The summed E-state index contributed by atoms with van der Waals surface area (Å²) in [7, 11) is 1.88. The minimum Gasteiger partial charge on any atom is -0.482 e. The molecule has 7 heteroatoms. The molecule has 124 valence electrons. The quantitative estimate of drug-likeness (QED) is 0.643. The molecule has 0 amide bonds. The number of nitrogens with zero attached hydrogens (tertiary/aromatic N) is 3. The first-order valence-electron chi connectivity index (χ1n) is 7.49. The van der Waals surface area contributed by atoms with Crippen LogP contribution in [0.25, 0.3) is 21.8 Å². The fourth-order valence-electron chi connectivity index (χ4n) is 2.13. The summed E-state index contributed by atoms with van der Waals surface area (Å²) in [5.74, 6) is 0.249. The fourth-order valence-corrected chi connectivity index (χ4v) is 2.97.